The summed E-state index contributed by atoms with van der Waals surface area (Å²) in [7, 11) is 0. The molecule has 4 nitrogen and oxygen atoms in total. The topological polar surface area (TPSA) is 74.6 Å². The lowest BCUT2D eigenvalue weighted by molar-refractivity contribution is -0.205. The maximum Gasteiger partial charge on any atom is 0.310 e. The van der Waals surface area contributed by atoms with Gasteiger partial charge in [-0.1, -0.05) is 53.2 Å². The Balaban J connectivity index is 1.60. The van der Waals surface area contributed by atoms with E-state index in [0.717, 1.165) is 51.2 Å². The molecule has 0 aliphatic heterocycles. The van der Waals surface area contributed by atoms with Gasteiger partial charge >= 0.3 is 5.97 Å². The van der Waals surface area contributed by atoms with Crippen LogP contribution in [0.25, 0.3) is 0 Å². The summed E-state index contributed by atoms with van der Waals surface area (Å²) in [6.07, 6.45) is 12.2. The first-order valence-corrected chi connectivity index (χ1v) is 13.8. The number of hydrogen-bond donors (Lipinski definition) is 2. The van der Waals surface area contributed by atoms with Gasteiger partial charge in [0.05, 0.1) is 11.5 Å². The second-order valence-electron chi connectivity index (χ2n) is 14.7. The van der Waals surface area contributed by atoms with Crippen LogP contribution in [0.5, 0.6) is 0 Å². The van der Waals surface area contributed by atoms with Gasteiger partial charge < -0.3 is 15.0 Å². The van der Waals surface area contributed by atoms with Crippen LogP contribution in [0.15, 0.2) is 11.6 Å². The predicted molar refractivity (Wildman–Crippen MR) is 133 cm³/mol. The number of aldehydes is 1. The number of aliphatic hydroxyl groups is 1. The van der Waals surface area contributed by atoms with Gasteiger partial charge in [-0.05, 0) is 104 Å². The lowest BCUT2D eigenvalue weighted by Gasteiger charge is -2.71. The molecule has 34 heavy (non-hydrogen) atoms. The second kappa shape index (κ2) is 7.20. The van der Waals surface area contributed by atoms with Crippen molar-refractivity contribution in [2.75, 3.05) is 0 Å². The average molecular weight is 471 g/mol. The molecule has 5 aliphatic rings. The van der Waals surface area contributed by atoms with Crippen molar-refractivity contribution in [2.24, 2.45) is 50.2 Å². The number of carbonyl (C=O) groups excluding carboxylic acids is 1. The number of allylic oxidation sites excluding steroid dienone is 2. The molecular formula is C30H46O4. The van der Waals surface area contributed by atoms with E-state index < -0.39 is 16.8 Å². The van der Waals surface area contributed by atoms with Crippen LogP contribution < -0.4 is 0 Å². The first kappa shape index (κ1) is 24.5. The first-order valence-electron chi connectivity index (χ1n) is 13.8. The molecule has 5 rings (SSSR count). The molecule has 0 heterocycles. The molecule has 4 fully saturated rings. The normalized spacial score (nSPS) is 53.9. The summed E-state index contributed by atoms with van der Waals surface area (Å²) in [5, 5.41) is 21.4. The minimum Gasteiger partial charge on any atom is -0.481 e. The molecule has 0 radical (unpaired) electrons. The van der Waals surface area contributed by atoms with Crippen LogP contribution in [-0.2, 0) is 9.59 Å². The lowest BCUT2D eigenvalue weighted by Crippen LogP contribution is -2.65. The van der Waals surface area contributed by atoms with Crippen LogP contribution in [0.2, 0.25) is 0 Å². The Morgan fingerprint density at radius 3 is 2.26 bits per heavy atom. The molecule has 0 aromatic rings. The smallest absolute Gasteiger partial charge is 0.310 e. The van der Waals surface area contributed by atoms with E-state index >= 15 is 0 Å². The highest BCUT2D eigenvalue weighted by Crippen LogP contribution is 2.75. The van der Waals surface area contributed by atoms with Gasteiger partial charge in [-0.2, -0.15) is 0 Å². The van der Waals surface area contributed by atoms with Crippen LogP contribution in [-0.4, -0.2) is 28.6 Å². The molecule has 2 N–H and O–H groups in total. The molecule has 0 aromatic heterocycles. The average Bonchev–Trinajstić information content (AvgIpc) is 2.77. The zero-order chi connectivity index (χ0) is 24.9. The number of hydrogen-bond acceptors (Lipinski definition) is 3. The monoisotopic (exact) mass is 470 g/mol. The van der Waals surface area contributed by atoms with Gasteiger partial charge in [0.1, 0.15) is 6.29 Å². The summed E-state index contributed by atoms with van der Waals surface area (Å²) in [6, 6.07) is 0. The predicted octanol–water partition coefficient (Wildman–Crippen LogP) is 6.41. The number of fused-ring (bicyclic) bond motifs is 7. The van der Waals surface area contributed by atoms with Gasteiger partial charge in [0.25, 0.3) is 0 Å². The molecule has 0 aromatic carbocycles. The standard InChI is InChI=1S/C30H46O4/c1-25(2)21-9-12-29(6)22(27(21,4)11-10-23(25)32)8-7-19-20-17-26(3,18-31)13-15-30(20,24(33)34)16-14-28(19,29)5/h7,18,20-23,32H,8-17H2,1-6H3,(H,33,34)/t20-,21-,22+,23-,26-,27-,28+,29+,30-/m0/s1. The Labute approximate surface area is 206 Å². The Kier molecular flexibility index (Phi) is 5.20. The molecule has 4 heteroatoms. The Hall–Kier alpha value is -1.16. The van der Waals surface area contributed by atoms with E-state index in [0.29, 0.717) is 31.1 Å². The van der Waals surface area contributed by atoms with E-state index in [1.54, 1.807) is 0 Å². The van der Waals surface area contributed by atoms with Gasteiger partial charge in [-0.15, -0.1) is 0 Å². The van der Waals surface area contributed by atoms with Crippen molar-refractivity contribution >= 4 is 12.3 Å². The summed E-state index contributed by atoms with van der Waals surface area (Å²) in [5.74, 6) is 0.354. The van der Waals surface area contributed by atoms with Gasteiger partial charge in [0.2, 0.25) is 0 Å². The van der Waals surface area contributed by atoms with E-state index in [-0.39, 0.29) is 33.7 Å². The molecule has 0 unspecified atom stereocenters. The third-order valence-corrected chi connectivity index (χ3v) is 13.1. The molecule has 9 atom stereocenters. The molecule has 4 saturated carbocycles. The fourth-order valence-corrected chi connectivity index (χ4v) is 10.6. The third kappa shape index (κ3) is 2.81. The maximum atomic E-state index is 12.8. The van der Waals surface area contributed by atoms with Crippen LogP contribution in [0, 0.1) is 50.2 Å². The highest BCUT2D eigenvalue weighted by molar-refractivity contribution is 5.77. The van der Waals surface area contributed by atoms with Gasteiger partial charge in [0.15, 0.2) is 0 Å². The molecule has 0 saturated heterocycles. The largest absolute Gasteiger partial charge is 0.481 e. The van der Waals surface area contributed by atoms with Gasteiger partial charge in [-0.3, -0.25) is 4.79 Å². The zero-order valence-electron chi connectivity index (χ0n) is 22.2. The molecule has 190 valence electrons. The first-order chi connectivity index (χ1) is 15.7. The van der Waals surface area contributed by atoms with Crippen molar-refractivity contribution in [1.82, 2.24) is 0 Å². The van der Waals surface area contributed by atoms with E-state index in [1.165, 1.54) is 5.57 Å². The van der Waals surface area contributed by atoms with Crippen molar-refractivity contribution in [3.8, 4) is 0 Å². The van der Waals surface area contributed by atoms with Crippen LogP contribution in [0.1, 0.15) is 106 Å². The van der Waals surface area contributed by atoms with Gasteiger partial charge in [0, 0.05) is 5.41 Å². The molecule has 0 amide bonds. The maximum absolute atomic E-state index is 12.8. The third-order valence-electron chi connectivity index (χ3n) is 13.1. The van der Waals surface area contributed by atoms with Gasteiger partial charge in [-0.25, -0.2) is 0 Å². The molecule has 5 aliphatic carbocycles. The highest BCUT2D eigenvalue weighted by atomic mass is 16.4. The number of carboxylic acids is 1. The number of aliphatic hydroxyl groups excluding tert-OH is 1. The van der Waals surface area contributed by atoms with E-state index in [1.807, 2.05) is 6.92 Å². The second-order valence-corrected chi connectivity index (χ2v) is 14.7. The van der Waals surface area contributed by atoms with Crippen LogP contribution in [0.3, 0.4) is 0 Å². The van der Waals surface area contributed by atoms with Crippen molar-refractivity contribution in [1.29, 1.82) is 0 Å². The summed E-state index contributed by atoms with van der Waals surface area (Å²) in [5.41, 5.74) is 0.424. The Morgan fingerprint density at radius 2 is 1.62 bits per heavy atom. The summed E-state index contributed by atoms with van der Waals surface area (Å²) >= 11 is 0. The number of carbonyl (C=O) groups is 2. The van der Waals surface area contributed by atoms with Crippen molar-refractivity contribution < 1.29 is 19.8 Å². The molecular weight excluding hydrogens is 424 g/mol. The summed E-state index contributed by atoms with van der Waals surface area (Å²) < 4.78 is 0. The summed E-state index contributed by atoms with van der Waals surface area (Å²) in [4.78, 5) is 24.8. The number of rotatable bonds is 2. The molecule has 0 bridgehead atoms. The Morgan fingerprint density at radius 1 is 0.941 bits per heavy atom. The van der Waals surface area contributed by atoms with Crippen molar-refractivity contribution in [3.05, 3.63) is 11.6 Å². The molecule has 0 spiro atoms. The SMILES string of the molecule is CC1(C)[C@@H](O)CC[C@]2(C)[C@H]3CC=C4[C@@H]5C[C@@](C)(C=O)CC[C@]5(C(=O)O)CC[C@@]4(C)[C@]3(C)CC[C@@H]12. The van der Waals surface area contributed by atoms with E-state index in [4.69, 9.17) is 0 Å². The van der Waals surface area contributed by atoms with E-state index in [2.05, 4.69) is 40.7 Å². The van der Waals surface area contributed by atoms with Crippen molar-refractivity contribution in [2.45, 2.75) is 112 Å². The summed E-state index contributed by atoms with van der Waals surface area (Å²) in [6.45, 7) is 14.0. The number of carboxylic acid groups (broad SMARTS) is 1. The zero-order valence-corrected chi connectivity index (χ0v) is 22.2. The minimum absolute atomic E-state index is 0.0329. The minimum atomic E-state index is -0.713. The Bertz CT molecular complexity index is 936. The fraction of sp³-hybridized carbons (Fsp3) is 0.867. The van der Waals surface area contributed by atoms with Crippen molar-refractivity contribution in [3.63, 3.8) is 0 Å². The fourth-order valence-electron chi connectivity index (χ4n) is 10.6. The lowest BCUT2D eigenvalue weighted by atomic mass is 9.33. The van der Waals surface area contributed by atoms with Crippen LogP contribution >= 0.6 is 0 Å². The van der Waals surface area contributed by atoms with Crippen LogP contribution in [0.4, 0.5) is 0 Å². The van der Waals surface area contributed by atoms with E-state index in [9.17, 15) is 19.8 Å². The highest BCUT2D eigenvalue weighted by Gasteiger charge is 2.69. The number of aliphatic carboxylic acids is 1. The quantitative estimate of drug-likeness (QED) is 0.361.